The maximum absolute atomic E-state index is 5.57. The standard InChI is InChI=1S/C16H13N3O/c1-10-3-5-11(6-4-10)16-15-12-9-17-19(2)14(12)8-7-13(15)18-20-16/h3-9H,1-2H3. The van der Waals surface area contributed by atoms with Gasteiger partial charge in [0.25, 0.3) is 0 Å². The van der Waals surface area contributed by atoms with E-state index in [1.165, 1.54) is 5.56 Å². The first kappa shape index (κ1) is 11.2. The van der Waals surface area contributed by atoms with Crippen LogP contribution in [-0.4, -0.2) is 14.9 Å². The van der Waals surface area contributed by atoms with Crippen LogP contribution >= 0.6 is 0 Å². The summed E-state index contributed by atoms with van der Waals surface area (Å²) in [6.07, 6.45) is 1.87. The van der Waals surface area contributed by atoms with Gasteiger partial charge in [-0.2, -0.15) is 5.10 Å². The van der Waals surface area contributed by atoms with Crippen LogP contribution in [0.4, 0.5) is 0 Å². The number of aryl methyl sites for hydroxylation is 2. The number of nitrogens with zero attached hydrogens (tertiary/aromatic N) is 3. The van der Waals surface area contributed by atoms with E-state index >= 15 is 0 Å². The van der Waals surface area contributed by atoms with Gasteiger partial charge in [0.2, 0.25) is 0 Å². The minimum absolute atomic E-state index is 0.804. The number of hydrogen-bond acceptors (Lipinski definition) is 3. The Morgan fingerprint density at radius 3 is 2.65 bits per heavy atom. The van der Waals surface area contributed by atoms with Gasteiger partial charge in [0.15, 0.2) is 5.76 Å². The molecule has 0 aliphatic heterocycles. The van der Waals surface area contributed by atoms with Crippen LogP contribution in [0.1, 0.15) is 5.56 Å². The third-order valence-electron chi connectivity index (χ3n) is 3.69. The summed E-state index contributed by atoms with van der Waals surface area (Å²) < 4.78 is 7.43. The molecule has 4 heteroatoms. The molecule has 98 valence electrons. The lowest BCUT2D eigenvalue weighted by Crippen LogP contribution is -1.87. The second kappa shape index (κ2) is 3.93. The summed E-state index contributed by atoms with van der Waals surface area (Å²) in [7, 11) is 1.94. The second-order valence-electron chi connectivity index (χ2n) is 5.04. The highest BCUT2D eigenvalue weighted by Gasteiger charge is 2.15. The Labute approximate surface area is 115 Å². The molecule has 0 radical (unpaired) electrons. The Kier molecular flexibility index (Phi) is 2.21. The Hall–Kier alpha value is -2.62. The van der Waals surface area contributed by atoms with E-state index in [4.69, 9.17) is 4.52 Å². The van der Waals surface area contributed by atoms with E-state index in [1.54, 1.807) is 0 Å². The van der Waals surface area contributed by atoms with Gasteiger partial charge in [0.1, 0.15) is 5.52 Å². The predicted molar refractivity (Wildman–Crippen MR) is 78.5 cm³/mol. The molecular formula is C16H13N3O. The van der Waals surface area contributed by atoms with Crippen LogP contribution in [0.25, 0.3) is 33.1 Å². The normalized spacial score (nSPS) is 11.5. The molecule has 0 amide bonds. The summed E-state index contributed by atoms with van der Waals surface area (Å²) in [4.78, 5) is 0. The first-order chi connectivity index (χ1) is 9.74. The summed E-state index contributed by atoms with van der Waals surface area (Å²) in [5, 5.41) is 10.6. The van der Waals surface area contributed by atoms with E-state index < -0.39 is 0 Å². The van der Waals surface area contributed by atoms with Crippen molar-refractivity contribution < 1.29 is 4.52 Å². The zero-order chi connectivity index (χ0) is 13.7. The van der Waals surface area contributed by atoms with Crippen molar-refractivity contribution in [3.63, 3.8) is 0 Å². The van der Waals surface area contributed by atoms with Crippen LogP contribution in [0.15, 0.2) is 47.1 Å². The van der Waals surface area contributed by atoms with Crippen LogP contribution in [0, 0.1) is 6.92 Å². The van der Waals surface area contributed by atoms with Crippen molar-refractivity contribution >= 4 is 21.8 Å². The number of hydrogen-bond donors (Lipinski definition) is 0. The molecule has 2 aromatic heterocycles. The molecule has 4 nitrogen and oxygen atoms in total. The number of aromatic nitrogens is 3. The molecule has 0 bridgehead atoms. The first-order valence-electron chi connectivity index (χ1n) is 6.51. The van der Waals surface area contributed by atoms with E-state index in [9.17, 15) is 0 Å². The van der Waals surface area contributed by atoms with E-state index in [-0.39, 0.29) is 0 Å². The van der Waals surface area contributed by atoms with Crippen molar-refractivity contribution in [2.24, 2.45) is 7.05 Å². The number of fused-ring (bicyclic) bond motifs is 3. The van der Waals surface area contributed by atoms with Gasteiger partial charge < -0.3 is 4.52 Å². The molecule has 20 heavy (non-hydrogen) atoms. The third-order valence-corrected chi connectivity index (χ3v) is 3.69. The van der Waals surface area contributed by atoms with E-state index in [2.05, 4.69) is 41.4 Å². The maximum atomic E-state index is 5.57. The summed E-state index contributed by atoms with van der Waals surface area (Å²) in [5.41, 5.74) is 4.20. The summed E-state index contributed by atoms with van der Waals surface area (Å²) in [6.45, 7) is 2.07. The van der Waals surface area contributed by atoms with Crippen LogP contribution in [0.2, 0.25) is 0 Å². The lowest BCUT2D eigenvalue weighted by Gasteiger charge is -1.99. The third kappa shape index (κ3) is 1.48. The SMILES string of the molecule is Cc1ccc(-c2onc3ccc4c(cnn4C)c23)cc1. The van der Waals surface area contributed by atoms with Gasteiger partial charge in [-0.3, -0.25) is 4.68 Å². The molecule has 0 aliphatic carbocycles. The van der Waals surface area contributed by atoms with Gasteiger partial charge in [0.05, 0.1) is 17.1 Å². The molecule has 0 fully saturated rings. The van der Waals surface area contributed by atoms with Gasteiger partial charge in [0, 0.05) is 18.0 Å². The van der Waals surface area contributed by atoms with E-state index in [0.717, 1.165) is 33.1 Å². The summed E-state index contributed by atoms with van der Waals surface area (Å²) >= 11 is 0. The quantitative estimate of drug-likeness (QED) is 0.526. The molecular weight excluding hydrogens is 250 g/mol. The van der Waals surface area contributed by atoms with Gasteiger partial charge in [-0.15, -0.1) is 0 Å². The largest absolute Gasteiger partial charge is 0.355 e. The van der Waals surface area contributed by atoms with Crippen molar-refractivity contribution in [1.82, 2.24) is 14.9 Å². The number of benzene rings is 2. The fraction of sp³-hybridized carbons (Fsp3) is 0.125. The minimum Gasteiger partial charge on any atom is -0.355 e. The molecule has 4 aromatic rings. The number of rotatable bonds is 1. The highest BCUT2D eigenvalue weighted by Crippen LogP contribution is 2.34. The highest BCUT2D eigenvalue weighted by atomic mass is 16.5. The average Bonchev–Trinajstić information content (AvgIpc) is 3.04. The van der Waals surface area contributed by atoms with Gasteiger partial charge in [-0.25, -0.2) is 0 Å². The summed E-state index contributed by atoms with van der Waals surface area (Å²) in [5.74, 6) is 0.804. The highest BCUT2D eigenvalue weighted by molar-refractivity contribution is 6.10. The Morgan fingerprint density at radius 2 is 1.85 bits per heavy atom. The van der Waals surface area contributed by atoms with Crippen LogP contribution < -0.4 is 0 Å². The van der Waals surface area contributed by atoms with Gasteiger partial charge in [-0.05, 0) is 19.1 Å². The van der Waals surface area contributed by atoms with Crippen LogP contribution in [0.5, 0.6) is 0 Å². The first-order valence-corrected chi connectivity index (χ1v) is 6.51. The van der Waals surface area contributed by atoms with Crippen molar-refractivity contribution in [2.75, 3.05) is 0 Å². The monoisotopic (exact) mass is 263 g/mol. The topological polar surface area (TPSA) is 43.9 Å². The molecule has 0 spiro atoms. The van der Waals surface area contributed by atoms with Crippen molar-refractivity contribution in [1.29, 1.82) is 0 Å². The van der Waals surface area contributed by atoms with Crippen LogP contribution in [0.3, 0.4) is 0 Å². The molecule has 0 N–H and O–H groups in total. The molecule has 4 rings (SSSR count). The zero-order valence-electron chi connectivity index (χ0n) is 11.3. The fourth-order valence-electron chi connectivity index (χ4n) is 2.57. The lowest BCUT2D eigenvalue weighted by atomic mass is 10.0. The Balaban J connectivity index is 2.09. The molecule has 0 aliphatic rings. The summed E-state index contributed by atoms with van der Waals surface area (Å²) in [6, 6.07) is 12.3. The molecule has 2 aromatic carbocycles. The Bertz CT molecular complexity index is 916. The molecule has 0 saturated carbocycles. The molecule has 2 heterocycles. The second-order valence-corrected chi connectivity index (χ2v) is 5.04. The smallest absolute Gasteiger partial charge is 0.175 e. The maximum Gasteiger partial charge on any atom is 0.175 e. The zero-order valence-corrected chi connectivity index (χ0v) is 11.3. The van der Waals surface area contributed by atoms with Gasteiger partial charge >= 0.3 is 0 Å². The van der Waals surface area contributed by atoms with Crippen molar-refractivity contribution in [2.45, 2.75) is 6.92 Å². The molecule has 0 saturated heterocycles. The Morgan fingerprint density at radius 1 is 1.05 bits per heavy atom. The minimum atomic E-state index is 0.804. The predicted octanol–water partition coefficient (Wildman–Crippen LogP) is 3.69. The van der Waals surface area contributed by atoms with Crippen LogP contribution in [-0.2, 0) is 7.05 Å². The average molecular weight is 263 g/mol. The van der Waals surface area contributed by atoms with E-state index in [1.807, 2.05) is 30.1 Å². The lowest BCUT2D eigenvalue weighted by molar-refractivity contribution is 0.441. The fourth-order valence-corrected chi connectivity index (χ4v) is 2.57. The van der Waals surface area contributed by atoms with E-state index in [0.29, 0.717) is 0 Å². The van der Waals surface area contributed by atoms with Crippen molar-refractivity contribution in [3.8, 4) is 11.3 Å². The van der Waals surface area contributed by atoms with Gasteiger partial charge in [-0.1, -0.05) is 35.0 Å². The van der Waals surface area contributed by atoms with Crippen molar-refractivity contribution in [3.05, 3.63) is 48.2 Å². The molecule has 0 unspecified atom stereocenters. The molecule has 0 atom stereocenters.